The molecule has 1 aliphatic rings. The number of carbonyl (C=O) groups is 3. The van der Waals surface area contributed by atoms with Crippen LogP contribution in [-0.2, 0) is 0 Å². The number of benzene rings is 3. The highest BCUT2D eigenvalue weighted by atomic mass is 16.2. The van der Waals surface area contributed by atoms with Crippen LogP contribution in [0.2, 0.25) is 0 Å². The molecule has 3 aromatic carbocycles. The molecule has 0 saturated carbocycles. The van der Waals surface area contributed by atoms with Gasteiger partial charge in [-0.15, -0.1) is 0 Å². The molecule has 4 rings (SSSR count). The summed E-state index contributed by atoms with van der Waals surface area (Å²) >= 11 is 0. The van der Waals surface area contributed by atoms with Gasteiger partial charge in [-0.25, -0.2) is 4.90 Å². The molecule has 0 aliphatic carbocycles. The molecule has 3 amide bonds. The molecule has 1 N–H and O–H groups in total. The van der Waals surface area contributed by atoms with Gasteiger partial charge in [0.2, 0.25) is 0 Å². The van der Waals surface area contributed by atoms with Crippen LogP contribution in [0, 0.1) is 6.92 Å². The second kappa shape index (κ2) is 6.78. The molecule has 0 unspecified atom stereocenters. The summed E-state index contributed by atoms with van der Waals surface area (Å²) in [6.45, 7) is 1.99. The van der Waals surface area contributed by atoms with Crippen molar-refractivity contribution in [3.05, 3.63) is 89.0 Å². The molecule has 1 heterocycles. The Morgan fingerprint density at radius 3 is 2.25 bits per heavy atom. The largest absolute Gasteiger partial charge is 0.355 e. The number of nitrogens with one attached hydrogen (secondary N) is 1. The monoisotopic (exact) mass is 371 g/mol. The van der Waals surface area contributed by atoms with Crippen LogP contribution in [0.4, 0.5) is 5.69 Å². The summed E-state index contributed by atoms with van der Waals surface area (Å²) in [4.78, 5) is 38.6. The molecule has 138 valence electrons. The lowest BCUT2D eigenvalue weighted by molar-refractivity contribution is 0.0924. The lowest BCUT2D eigenvalue weighted by Gasteiger charge is -2.14. The van der Waals surface area contributed by atoms with Gasteiger partial charge < -0.3 is 5.32 Å². The minimum Gasteiger partial charge on any atom is -0.355 e. The Bertz CT molecular complexity index is 1170. The summed E-state index contributed by atoms with van der Waals surface area (Å²) in [5.74, 6) is -1.29. The van der Waals surface area contributed by atoms with Gasteiger partial charge in [0.05, 0.1) is 18.2 Å². The average molecular weight is 371 g/mol. The van der Waals surface area contributed by atoms with E-state index in [1.165, 1.54) is 31.3 Å². The molecule has 5 heteroatoms. The predicted octanol–water partition coefficient (Wildman–Crippen LogP) is 3.82. The number of amides is 3. The maximum absolute atomic E-state index is 12.9. The van der Waals surface area contributed by atoms with Gasteiger partial charge in [0, 0.05) is 12.6 Å². The summed E-state index contributed by atoms with van der Waals surface area (Å²) in [7, 11) is 1.50. The van der Waals surface area contributed by atoms with E-state index in [9.17, 15) is 14.4 Å². The Morgan fingerprint density at radius 2 is 1.57 bits per heavy atom. The van der Waals surface area contributed by atoms with E-state index < -0.39 is 11.8 Å². The van der Waals surface area contributed by atoms with Crippen molar-refractivity contribution in [3.8, 4) is 11.1 Å². The van der Waals surface area contributed by atoms with Crippen molar-refractivity contribution in [2.75, 3.05) is 11.9 Å². The number of hydrogen-bond acceptors (Lipinski definition) is 3. The quantitative estimate of drug-likeness (QED) is 0.712. The van der Waals surface area contributed by atoms with Crippen LogP contribution in [0.1, 0.15) is 38.0 Å². The van der Waals surface area contributed by atoms with Crippen LogP contribution < -0.4 is 10.2 Å². The molecular formula is C23H18N2O3. The smallest absolute Gasteiger partial charge is 0.266 e. The Balaban J connectivity index is 1.71. The highest BCUT2D eigenvalue weighted by molar-refractivity contribution is 6.34. The highest BCUT2D eigenvalue weighted by Crippen LogP contribution is 2.31. The number of hydrogen-bond donors (Lipinski definition) is 1. The van der Waals surface area contributed by atoms with Crippen LogP contribution >= 0.6 is 0 Å². The van der Waals surface area contributed by atoms with Crippen LogP contribution in [0.5, 0.6) is 0 Å². The Labute approximate surface area is 164 Å². The Kier molecular flexibility index (Phi) is 3.98. The summed E-state index contributed by atoms with van der Waals surface area (Å²) in [5.41, 5.74) is 3.81. The van der Waals surface area contributed by atoms with Crippen LogP contribution in [-0.4, -0.2) is 24.8 Å². The second-order valence-electron chi connectivity index (χ2n) is 6.61. The second-order valence-corrected chi connectivity index (χ2v) is 6.61. The molecule has 5 nitrogen and oxygen atoms in total. The van der Waals surface area contributed by atoms with E-state index in [0.717, 1.165) is 16.0 Å². The normalized spacial score (nSPS) is 13.4. The zero-order valence-electron chi connectivity index (χ0n) is 16.4. The van der Waals surface area contributed by atoms with Gasteiger partial charge in [-0.2, -0.15) is 0 Å². The van der Waals surface area contributed by atoms with E-state index in [4.69, 9.17) is 1.37 Å². The van der Waals surface area contributed by atoms with E-state index in [-0.39, 0.29) is 23.1 Å². The third-order valence-corrected chi connectivity index (χ3v) is 4.79. The SMILES string of the molecule is [2H]c1cc(N2C(=O)c3ccc(C(=O)NC)cc3C2=O)ccc1-c1ccc(C)cc1. The van der Waals surface area contributed by atoms with Crippen LogP contribution in [0.15, 0.2) is 66.7 Å². The number of nitrogens with zero attached hydrogens (tertiary/aromatic N) is 1. The number of rotatable bonds is 3. The standard InChI is InChI=1S/C23H18N2O3/c1-14-3-5-15(6-4-14)16-7-10-18(11-8-16)25-22(27)19-12-9-17(21(26)24-2)13-20(19)23(25)28/h3-13H,1-2H3,(H,24,26)/i7D. The first kappa shape index (κ1) is 16.4. The van der Waals surface area contributed by atoms with Gasteiger partial charge in [-0.1, -0.05) is 41.9 Å². The van der Waals surface area contributed by atoms with E-state index in [1.54, 1.807) is 12.1 Å². The van der Waals surface area contributed by atoms with Gasteiger partial charge in [0.15, 0.2) is 0 Å². The highest BCUT2D eigenvalue weighted by Gasteiger charge is 2.37. The predicted molar refractivity (Wildman–Crippen MR) is 108 cm³/mol. The fourth-order valence-electron chi connectivity index (χ4n) is 3.23. The minimum atomic E-state index is -0.502. The maximum Gasteiger partial charge on any atom is 0.266 e. The first-order chi connectivity index (χ1) is 13.9. The van der Waals surface area contributed by atoms with Crippen molar-refractivity contribution in [3.63, 3.8) is 0 Å². The van der Waals surface area contributed by atoms with Crippen molar-refractivity contribution >= 4 is 23.4 Å². The van der Waals surface area contributed by atoms with E-state index >= 15 is 0 Å². The Morgan fingerprint density at radius 1 is 0.893 bits per heavy atom. The molecule has 0 fully saturated rings. The molecule has 28 heavy (non-hydrogen) atoms. The number of anilines is 1. The minimum absolute atomic E-state index is 0.185. The third-order valence-electron chi connectivity index (χ3n) is 4.79. The van der Waals surface area contributed by atoms with E-state index in [0.29, 0.717) is 16.8 Å². The summed E-state index contributed by atoms with van der Waals surface area (Å²) in [5, 5.41) is 2.50. The molecule has 0 saturated heterocycles. The van der Waals surface area contributed by atoms with Gasteiger partial charge in [0.1, 0.15) is 0 Å². The fraction of sp³-hybridized carbons (Fsp3) is 0.0870. The Hall–Kier alpha value is -3.73. The van der Waals surface area contributed by atoms with Crippen molar-refractivity contribution in [2.24, 2.45) is 0 Å². The lowest BCUT2D eigenvalue weighted by atomic mass is 10.0. The third kappa shape index (κ3) is 2.87. The van der Waals surface area contributed by atoms with Crippen molar-refractivity contribution in [2.45, 2.75) is 6.92 Å². The van der Waals surface area contributed by atoms with Gasteiger partial charge in [-0.3, -0.25) is 14.4 Å². The maximum atomic E-state index is 12.9. The van der Waals surface area contributed by atoms with Crippen molar-refractivity contribution in [1.29, 1.82) is 0 Å². The molecule has 0 atom stereocenters. The number of carbonyl (C=O) groups excluding carboxylic acids is 3. The topological polar surface area (TPSA) is 66.5 Å². The van der Waals surface area contributed by atoms with Crippen molar-refractivity contribution < 1.29 is 15.8 Å². The van der Waals surface area contributed by atoms with Crippen LogP contribution in [0.25, 0.3) is 11.1 Å². The van der Waals surface area contributed by atoms with Crippen molar-refractivity contribution in [1.82, 2.24) is 5.32 Å². The molecule has 1 aliphatic heterocycles. The first-order valence-corrected chi connectivity index (χ1v) is 8.83. The molecule has 0 aromatic heterocycles. The summed E-state index contributed by atoms with van der Waals surface area (Å²) in [6, 6.07) is 17.4. The van der Waals surface area contributed by atoms with Gasteiger partial charge in [-0.05, 0) is 48.4 Å². The average Bonchev–Trinajstić information content (AvgIpc) is 2.98. The molecule has 0 bridgehead atoms. The zero-order chi connectivity index (χ0) is 20.7. The van der Waals surface area contributed by atoms with E-state index in [2.05, 4.69) is 5.32 Å². The fourth-order valence-corrected chi connectivity index (χ4v) is 3.23. The summed E-state index contributed by atoms with van der Waals surface area (Å²) in [6.07, 6.45) is 0. The summed E-state index contributed by atoms with van der Waals surface area (Å²) < 4.78 is 8.37. The first-order valence-electron chi connectivity index (χ1n) is 9.33. The number of imide groups is 1. The molecular weight excluding hydrogens is 352 g/mol. The molecule has 3 aromatic rings. The van der Waals surface area contributed by atoms with E-state index in [1.807, 2.05) is 31.2 Å². The molecule has 0 spiro atoms. The van der Waals surface area contributed by atoms with Gasteiger partial charge in [0.25, 0.3) is 17.7 Å². The number of aryl methyl sites for hydroxylation is 1. The zero-order valence-corrected chi connectivity index (χ0v) is 15.4. The lowest BCUT2D eigenvalue weighted by Crippen LogP contribution is -2.29. The molecule has 0 radical (unpaired) electrons. The van der Waals surface area contributed by atoms with Crippen LogP contribution in [0.3, 0.4) is 0 Å². The van der Waals surface area contributed by atoms with Gasteiger partial charge >= 0.3 is 0 Å². The number of fused-ring (bicyclic) bond motifs is 1.